The first-order valence-corrected chi connectivity index (χ1v) is 6.43. The Morgan fingerprint density at radius 2 is 2.17 bits per heavy atom. The molecule has 18 heavy (non-hydrogen) atoms. The number of aryl methyl sites for hydroxylation is 1. The Morgan fingerprint density at radius 1 is 1.39 bits per heavy atom. The molecule has 0 radical (unpaired) electrons. The minimum atomic E-state index is 0.110. The number of carbonyl (C=O) groups is 1. The molecule has 1 fully saturated rings. The van der Waals surface area contributed by atoms with Crippen LogP contribution in [0.2, 0.25) is 0 Å². The van der Waals surface area contributed by atoms with E-state index in [9.17, 15) is 4.79 Å². The highest BCUT2D eigenvalue weighted by molar-refractivity contribution is 5.76. The Hall–Kier alpha value is -1.55. The largest absolute Gasteiger partial charge is 0.399 e. The Kier molecular flexibility index (Phi) is 4.59. The molecule has 4 nitrogen and oxygen atoms in total. The van der Waals surface area contributed by atoms with Crippen molar-refractivity contribution in [3.63, 3.8) is 0 Å². The fourth-order valence-electron chi connectivity index (χ4n) is 2.03. The van der Waals surface area contributed by atoms with Crippen molar-refractivity contribution in [2.75, 3.05) is 25.5 Å². The quantitative estimate of drug-likeness (QED) is 0.773. The average molecular weight is 248 g/mol. The number of carbonyl (C=O) groups excluding carboxylic acids is 1. The molecule has 0 bridgehead atoms. The molecule has 0 aliphatic carbocycles. The maximum absolute atomic E-state index is 11.7. The number of anilines is 1. The van der Waals surface area contributed by atoms with Gasteiger partial charge in [0.2, 0.25) is 5.91 Å². The van der Waals surface area contributed by atoms with Crippen molar-refractivity contribution in [3.05, 3.63) is 29.8 Å². The van der Waals surface area contributed by atoms with E-state index >= 15 is 0 Å². The van der Waals surface area contributed by atoms with Gasteiger partial charge >= 0.3 is 0 Å². The Morgan fingerprint density at radius 3 is 2.83 bits per heavy atom. The predicted molar refractivity (Wildman–Crippen MR) is 71.1 cm³/mol. The van der Waals surface area contributed by atoms with E-state index in [-0.39, 0.29) is 5.91 Å². The molecule has 1 amide bonds. The number of benzene rings is 1. The van der Waals surface area contributed by atoms with Crippen molar-refractivity contribution >= 4 is 11.6 Å². The second-order valence-electron chi connectivity index (χ2n) is 4.78. The molecule has 2 rings (SSSR count). The smallest absolute Gasteiger partial charge is 0.220 e. The molecule has 0 spiro atoms. The van der Waals surface area contributed by atoms with Crippen LogP contribution in [0.1, 0.15) is 18.4 Å². The van der Waals surface area contributed by atoms with Gasteiger partial charge in [0.15, 0.2) is 0 Å². The molecule has 1 aromatic carbocycles. The van der Waals surface area contributed by atoms with E-state index in [1.807, 2.05) is 24.3 Å². The number of hydrogen-bond donors (Lipinski definition) is 2. The van der Waals surface area contributed by atoms with Gasteiger partial charge in [-0.15, -0.1) is 0 Å². The van der Waals surface area contributed by atoms with Crippen LogP contribution in [0.25, 0.3) is 0 Å². The summed E-state index contributed by atoms with van der Waals surface area (Å²) < 4.78 is 5.27. The van der Waals surface area contributed by atoms with Gasteiger partial charge in [-0.2, -0.15) is 0 Å². The van der Waals surface area contributed by atoms with Crippen molar-refractivity contribution < 1.29 is 9.53 Å². The van der Waals surface area contributed by atoms with Crippen molar-refractivity contribution in [2.45, 2.75) is 19.3 Å². The summed E-state index contributed by atoms with van der Waals surface area (Å²) in [4.78, 5) is 11.7. The van der Waals surface area contributed by atoms with Crippen molar-refractivity contribution in [2.24, 2.45) is 5.92 Å². The highest BCUT2D eigenvalue weighted by Gasteiger charge is 2.15. The molecule has 98 valence electrons. The second kappa shape index (κ2) is 6.40. The molecule has 1 unspecified atom stereocenters. The van der Waals surface area contributed by atoms with Crippen LogP contribution < -0.4 is 11.1 Å². The molecular weight excluding hydrogens is 228 g/mol. The summed E-state index contributed by atoms with van der Waals surface area (Å²) in [6.07, 6.45) is 2.34. The number of ether oxygens (including phenoxy) is 1. The van der Waals surface area contributed by atoms with Crippen LogP contribution in [0.15, 0.2) is 24.3 Å². The molecular formula is C14H20N2O2. The third-order valence-corrected chi connectivity index (χ3v) is 3.23. The SMILES string of the molecule is Nc1ccc(CCC(=O)NCC2CCOC2)cc1. The molecule has 1 atom stereocenters. The van der Waals surface area contributed by atoms with Crippen LogP contribution in [0.5, 0.6) is 0 Å². The molecule has 3 N–H and O–H groups in total. The second-order valence-corrected chi connectivity index (χ2v) is 4.78. The number of nitrogen functional groups attached to an aromatic ring is 1. The molecule has 0 saturated carbocycles. The molecule has 1 aliphatic heterocycles. The van der Waals surface area contributed by atoms with Gasteiger partial charge in [0.05, 0.1) is 6.61 Å². The molecule has 4 heteroatoms. The minimum Gasteiger partial charge on any atom is -0.399 e. The predicted octanol–water partition coefficient (Wildman–Crippen LogP) is 1.35. The summed E-state index contributed by atoms with van der Waals surface area (Å²) in [7, 11) is 0. The minimum absolute atomic E-state index is 0.110. The van der Waals surface area contributed by atoms with Crippen molar-refractivity contribution in [1.29, 1.82) is 0 Å². The summed E-state index contributed by atoms with van der Waals surface area (Å²) >= 11 is 0. The van der Waals surface area contributed by atoms with E-state index in [2.05, 4.69) is 5.32 Å². The topological polar surface area (TPSA) is 64.4 Å². The van der Waals surface area contributed by atoms with E-state index in [0.29, 0.717) is 12.3 Å². The first-order chi connectivity index (χ1) is 8.74. The summed E-state index contributed by atoms with van der Waals surface area (Å²) in [5.74, 6) is 0.601. The third-order valence-electron chi connectivity index (χ3n) is 3.23. The van der Waals surface area contributed by atoms with Crippen molar-refractivity contribution in [3.8, 4) is 0 Å². The monoisotopic (exact) mass is 248 g/mol. The van der Waals surface area contributed by atoms with Gasteiger partial charge in [0.25, 0.3) is 0 Å². The Labute approximate surface area is 108 Å². The van der Waals surface area contributed by atoms with Gasteiger partial charge in [-0.3, -0.25) is 4.79 Å². The lowest BCUT2D eigenvalue weighted by Crippen LogP contribution is -2.29. The summed E-state index contributed by atoms with van der Waals surface area (Å²) in [5, 5.41) is 2.96. The number of nitrogens with two attached hydrogens (primary N) is 1. The zero-order valence-electron chi connectivity index (χ0n) is 10.5. The molecule has 1 saturated heterocycles. The normalized spacial score (nSPS) is 18.8. The lowest BCUT2D eigenvalue weighted by Gasteiger charge is -2.09. The Balaban J connectivity index is 1.66. The van der Waals surface area contributed by atoms with Crippen LogP contribution in [-0.4, -0.2) is 25.7 Å². The molecule has 1 aliphatic rings. The van der Waals surface area contributed by atoms with Crippen LogP contribution in [0, 0.1) is 5.92 Å². The van der Waals surface area contributed by atoms with Crippen LogP contribution in [0.3, 0.4) is 0 Å². The van der Waals surface area contributed by atoms with Gasteiger partial charge in [0.1, 0.15) is 0 Å². The van der Waals surface area contributed by atoms with E-state index < -0.39 is 0 Å². The summed E-state index contributed by atoms with van der Waals surface area (Å²) in [6.45, 7) is 2.34. The third kappa shape index (κ3) is 4.04. The first-order valence-electron chi connectivity index (χ1n) is 6.43. The van der Waals surface area contributed by atoms with Gasteiger partial charge < -0.3 is 15.8 Å². The van der Waals surface area contributed by atoms with Gasteiger partial charge in [-0.05, 0) is 30.5 Å². The summed E-state index contributed by atoms with van der Waals surface area (Å²) in [6, 6.07) is 7.66. The lowest BCUT2D eigenvalue weighted by molar-refractivity contribution is -0.121. The standard InChI is InChI=1S/C14H20N2O2/c15-13-4-1-11(2-5-13)3-6-14(17)16-9-12-7-8-18-10-12/h1-2,4-5,12H,3,6-10,15H2,(H,16,17). The van der Waals surface area contributed by atoms with Gasteiger partial charge in [0, 0.05) is 31.2 Å². The maximum Gasteiger partial charge on any atom is 0.220 e. The van der Waals surface area contributed by atoms with Gasteiger partial charge in [-0.25, -0.2) is 0 Å². The van der Waals surface area contributed by atoms with Crippen LogP contribution in [0.4, 0.5) is 5.69 Å². The fraction of sp³-hybridized carbons (Fsp3) is 0.500. The lowest BCUT2D eigenvalue weighted by atomic mass is 10.1. The number of rotatable bonds is 5. The van der Waals surface area contributed by atoms with Crippen LogP contribution >= 0.6 is 0 Å². The number of nitrogens with one attached hydrogen (secondary N) is 1. The molecule has 1 heterocycles. The Bertz CT molecular complexity index is 383. The van der Waals surface area contributed by atoms with Crippen LogP contribution in [-0.2, 0) is 16.0 Å². The fourth-order valence-corrected chi connectivity index (χ4v) is 2.03. The maximum atomic E-state index is 11.7. The number of amides is 1. The highest BCUT2D eigenvalue weighted by atomic mass is 16.5. The van der Waals surface area contributed by atoms with E-state index in [0.717, 1.165) is 43.9 Å². The van der Waals surface area contributed by atoms with E-state index in [1.54, 1.807) is 0 Å². The van der Waals surface area contributed by atoms with Crippen molar-refractivity contribution in [1.82, 2.24) is 5.32 Å². The highest BCUT2D eigenvalue weighted by Crippen LogP contribution is 2.11. The summed E-state index contributed by atoms with van der Waals surface area (Å²) in [5.41, 5.74) is 7.51. The number of hydrogen-bond acceptors (Lipinski definition) is 3. The zero-order valence-corrected chi connectivity index (χ0v) is 10.5. The van der Waals surface area contributed by atoms with Gasteiger partial charge in [-0.1, -0.05) is 12.1 Å². The molecule has 0 aromatic heterocycles. The average Bonchev–Trinajstić information content (AvgIpc) is 2.89. The zero-order chi connectivity index (χ0) is 12.8. The first kappa shape index (κ1) is 12.9. The molecule has 1 aromatic rings. The van der Waals surface area contributed by atoms with E-state index in [4.69, 9.17) is 10.5 Å². The van der Waals surface area contributed by atoms with E-state index in [1.165, 1.54) is 0 Å².